The van der Waals surface area contributed by atoms with Gasteiger partial charge in [-0.25, -0.2) is 23.1 Å². The van der Waals surface area contributed by atoms with Crippen molar-refractivity contribution >= 4 is 21.4 Å². The Bertz CT molecular complexity index is 1240. The second-order valence-electron chi connectivity index (χ2n) is 8.29. The average Bonchev–Trinajstić information content (AvgIpc) is 3.18. The van der Waals surface area contributed by atoms with Crippen LogP contribution >= 0.6 is 0 Å². The van der Waals surface area contributed by atoms with Gasteiger partial charge >= 0.3 is 0 Å². The van der Waals surface area contributed by atoms with Crippen LogP contribution in [0.2, 0.25) is 0 Å². The SMILES string of the molecule is Cc1nn2ccccc2c1COc1ccc(S(=O)(=O)NCC(C(=O)NO)N2CCCCC2)cc1. The third-order valence-corrected chi connectivity index (χ3v) is 7.51. The smallest absolute Gasteiger partial charge is 0.262 e. The van der Waals surface area contributed by atoms with Gasteiger partial charge in [0.1, 0.15) is 18.4 Å². The van der Waals surface area contributed by atoms with Crippen LogP contribution in [0.15, 0.2) is 53.6 Å². The number of ether oxygens (including phenoxy) is 1. The van der Waals surface area contributed by atoms with E-state index < -0.39 is 22.0 Å². The zero-order chi connectivity index (χ0) is 24.1. The van der Waals surface area contributed by atoms with E-state index in [2.05, 4.69) is 9.82 Å². The van der Waals surface area contributed by atoms with Crippen molar-refractivity contribution in [2.45, 2.75) is 43.7 Å². The molecular weight excluding hydrogens is 458 g/mol. The van der Waals surface area contributed by atoms with Gasteiger partial charge in [0.05, 0.1) is 16.1 Å². The van der Waals surface area contributed by atoms with Gasteiger partial charge in [0.15, 0.2) is 0 Å². The van der Waals surface area contributed by atoms with E-state index in [9.17, 15) is 13.2 Å². The van der Waals surface area contributed by atoms with E-state index in [1.54, 1.807) is 22.1 Å². The first-order chi connectivity index (χ1) is 16.4. The van der Waals surface area contributed by atoms with Gasteiger partial charge in [-0.1, -0.05) is 12.5 Å². The molecular formula is C23H29N5O5S. The molecule has 0 radical (unpaired) electrons. The van der Waals surface area contributed by atoms with Crippen LogP contribution in [0.25, 0.3) is 5.52 Å². The maximum atomic E-state index is 12.8. The Balaban J connectivity index is 1.39. The highest BCUT2D eigenvalue weighted by Crippen LogP contribution is 2.21. The van der Waals surface area contributed by atoms with E-state index in [0.29, 0.717) is 25.4 Å². The lowest BCUT2D eigenvalue weighted by molar-refractivity contribution is -0.135. The first-order valence-corrected chi connectivity index (χ1v) is 12.7. The molecule has 1 aliphatic rings. The Kier molecular flexibility index (Phi) is 7.47. The molecule has 11 heteroatoms. The Labute approximate surface area is 198 Å². The number of hydrogen-bond donors (Lipinski definition) is 3. The number of carbonyl (C=O) groups is 1. The molecule has 2 aromatic heterocycles. The number of rotatable bonds is 9. The minimum atomic E-state index is -3.85. The van der Waals surface area contributed by atoms with Crippen LogP contribution in [0, 0.1) is 6.92 Å². The summed E-state index contributed by atoms with van der Waals surface area (Å²) in [6.07, 6.45) is 4.80. The number of aryl methyl sites for hydroxylation is 1. The molecule has 0 saturated carbocycles. The Morgan fingerprint density at radius 3 is 2.59 bits per heavy atom. The van der Waals surface area contributed by atoms with E-state index in [4.69, 9.17) is 9.94 Å². The number of hydroxylamine groups is 1. The van der Waals surface area contributed by atoms with Crippen molar-refractivity contribution in [3.05, 3.63) is 59.9 Å². The van der Waals surface area contributed by atoms with Crippen LogP contribution in [0.3, 0.4) is 0 Å². The summed E-state index contributed by atoms with van der Waals surface area (Å²) in [4.78, 5) is 14.1. The van der Waals surface area contributed by atoms with Gasteiger partial charge < -0.3 is 4.74 Å². The molecule has 0 spiro atoms. The number of benzene rings is 1. The van der Waals surface area contributed by atoms with Crippen molar-refractivity contribution in [3.8, 4) is 5.75 Å². The fourth-order valence-corrected chi connectivity index (χ4v) is 5.22. The highest BCUT2D eigenvalue weighted by molar-refractivity contribution is 7.89. The van der Waals surface area contributed by atoms with Crippen LogP contribution in [0.1, 0.15) is 30.5 Å². The van der Waals surface area contributed by atoms with Gasteiger partial charge in [0, 0.05) is 18.3 Å². The molecule has 1 atom stereocenters. The molecule has 1 aliphatic heterocycles. The summed E-state index contributed by atoms with van der Waals surface area (Å²) in [5.41, 5.74) is 4.43. The molecule has 4 rings (SSSR count). The summed E-state index contributed by atoms with van der Waals surface area (Å²) >= 11 is 0. The number of carbonyl (C=O) groups excluding carboxylic acids is 1. The lowest BCUT2D eigenvalue weighted by atomic mass is 10.1. The molecule has 0 bridgehead atoms. The maximum Gasteiger partial charge on any atom is 0.262 e. The van der Waals surface area contributed by atoms with Crippen molar-refractivity contribution in [3.63, 3.8) is 0 Å². The normalized spacial score (nSPS) is 15.8. The number of nitrogens with one attached hydrogen (secondary N) is 2. The number of piperidine rings is 1. The Hall–Kier alpha value is -2.99. The molecule has 1 saturated heterocycles. The predicted octanol–water partition coefficient (Wildman–Crippen LogP) is 1.86. The van der Waals surface area contributed by atoms with Crippen molar-refractivity contribution in [2.24, 2.45) is 0 Å². The van der Waals surface area contributed by atoms with Gasteiger partial charge in [0.2, 0.25) is 10.0 Å². The third-order valence-electron chi connectivity index (χ3n) is 6.07. The number of aromatic nitrogens is 2. The standard InChI is InChI=1S/C23H29N5O5S/c1-17-20(21-7-3-6-14-28(21)25-17)16-33-18-8-10-19(11-9-18)34(31,32)24-15-22(23(29)26-30)27-12-4-2-5-13-27/h3,6-11,14,22,24,30H,2,4-5,12-13,15-16H2,1H3,(H,26,29). The van der Waals surface area contributed by atoms with Gasteiger partial charge in [-0.2, -0.15) is 5.10 Å². The van der Waals surface area contributed by atoms with Crippen LogP contribution in [0.5, 0.6) is 5.75 Å². The molecule has 0 aliphatic carbocycles. The third kappa shape index (κ3) is 5.39. The molecule has 182 valence electrons. The van der Waals surface area contributed by atoms with E-state index in [0.717, 1.165) is 36.0 Å². The molecule has 3 heterocycles. The number of amides is 1. The largest absolute Gasteiger partial charge is 0.489 e. The minimum absolute atomic E-state index is 0.0637. The fraction of sp³-hybridized carbons (Fsp3) is 0.391. The van der Waals surface area contributed by atoms with E-state index in [1.807, 2.05) is 36.2 Å². The van der Waals surface area contributed by atoms with Crippen LogP contribution < -0.4 is 14.9 Å². The van der Waals surface area contributed by atoms with E-state index >= 15 is 0 Å². The summed E-state index contributed by atoms with van der Waals surface area (Å²) in [5, 5.41) is 13.5. The number of hydrogen-bond acceptors (Lipinski definition) is 7. The number of fused-ring (bicyclic) bond motifs is 1. The van der Waals surface area contributed by atoms with Gasteiger partial charge in [-0.3, -0.25) is 14.9 Å². The topological polar surface area (TPSA) is 125 Å². The summed E-state index contributed by atoms with van der Waals surface area (Å²) < 4.78 is 35.8. The average molecular weight is 488 g/mol. The fourth-order valence-electron chi connectivity index (χ4n) is 4.18. The van der Waals surface area contributed by atoms with Crippen molar-refractivity contribution in [1.29, 1.82) is 0 Å². The highest BCUT2D eigenvalue weighted by atomic mass is 32.2. The first-order valence-electron chi connectivity index (χ1n) is 11.2. The summed E-state index contributed by atoms with van der Waals surface area (Å²) in [6.45, 7) is 3.44. The van der Waals surface area contributed by atoms with Crippen LogP contribution in [-0.4, -0.2) is 59.7 Å². The summed E-state index contributed by atoms with van der Waals surface area (Å²) in [5.74, 6) is -0.101. The van der Waals surface area contributed by atoms with Gasteiger partial charge in [0.25, 0.3) is 5.91 Å². The number of sulfonamides is 1. The molecule has 34 heavy (non-hydrogen) atoms. The molecule has 3 N–H and O–H groups in total. The first kappa shape index (κ1) is 24.1. The molecule has 1 unspecified atom stereocenters. The summed E-state index contributed by atoms with van der Waals surface area (Å²) in [6, 6.07) is 11.1. The zero-order valence-corrected chi connectivity index (χ0v) is 19.8. The van der Waals surface area contributed by atoms with Crippen molar-refractivity contribution in [2.75, 3.05) is 19.6 Å². The van der Waals surface area contributed by atoms with Crippen LogP contribution in [0.4, 0.5) is 0 Å². The molecule has 1 aromatic carbocycles. The minimum Gasteiger partial charge on any atom is -0.489 e. The summed E-state index contributed by atoms with van der Waals surface area (Å²) in [7, 11) is -3.85. The lowest BCUT2D eigenvalue weighted by Gasteiger charge is -2.33. The van der Waals surface area contributed by atoms with Crippen LogP contribution in [-0.2, 0) is 21.4 Å². The second-order valence-corrected chi connectivity index (χ2v) is 10.1. The quantitative estimate of drug-likeness (QED) is 0.311. The Morgan fingerprint density at radius 2 is 1.88 bits per heavy atom. The number of likely N-dealkylation sites (tertiary alicyclic amines) is 1. The number of nitrogens with zero attached hydrogens (tertiary/aromatic N) is 3. The molecule has 1 fully saturated rings. The number of pyridine rings is 1. The molecule has 1 amide bonds. The zero-order valence-electron chi connectivity index (χ0n) is 19.0. The Morgan fingerprint density at radius 1 is 1.15 bits per heavy atom. The van der Waals surface area contributed by atoms with E-state index in [1.165, 1.54) is 12.1 Å². The van der Waals surface area contributed by atoms with Gasteiger partial charge in [-0.15, -0.1) is 0 Å². The van der Waals surface area contributed by atoms with Crippen molar-refractivity contribution in [1.82, 2.24) is 24.7 Å². The maximum absolute atomic E-state index is 12.8. The second kappa shape index (κ2) is 10.5. The predicted molar refractivity (Wildman–Crippen MR) is 125 cm³/mol. The van der Waals surface area contributed by atoms with Gasteiger partial charge in [-0.05, 0) is 69.3 Å². The van der Waals surface area contributed by atoms with Crippen molar-refractivity contribution < 1.29 is 23.2 Å². The molecule has 3 aromatic rings. The molecule has 10 nitrogen and oxygen atoms in total. The highest BCUT2D eigenvalue weighted by Gasteiger charge is 2.28. The lowest BCUT2D eigenvalue weighted by Crippen LogP contribution is -2.53. The monoisotopic (exact) mass is 487 g/mol. The van der Waals surface area contributed by atoms with E-state index in [-0.39, 0.29) is 11.4 Å².